The van der Waals surface area contributed by atoms with E-state index >= 15 is 0 Å². The van der Waals surface area contributed by atoms with E-state index in [1.54, 1.807) is 0 Å². The number of nitrogens with zero attached hydrogens (tertiary/aromatic N) is 1. The molecule has 0 aromatic heterocycles. The Hall–Kier alpha value is -0.530. The summed E-state index contributed by atoms with van der Waals surface area (Å²) >= 11 is 8.46. The van der Waals surface area contributed by atoms with Crippen LogP contribution in [0.3, 0.4) is 0 Å². The summed E-state index contributed by atoms with van der Waals surface area (Å²) < 4.78 is 1.11. The Morgan fingerprint density at radius 2 is 2.20 bits per heavy atom. The highest BCUT2D eigenvalue weighted by Crippen LogP contribution is 2.29. The Kier molecular flexibility index (Phi) is 4.62. The van der Waals surface area contributed by atoms with Crippen molar-refractivity contribution in [2.45, 2.75) is 20.3 Å². The number of benzene rings is 1. The maximum atomic E-state index is 8.92. The summed E-state index contributed by atoms with van der Waals surface area (Å²) in [6.45, 7) is 3.97. The Bertz CT molecular complexity index is 443. The second-order valence-electron chi connectivity index (χ2n) is 3.19. The van der Waals surface area contributed by atoms with Crippen molar-refractivity contribution < 1.29 is 0 Å². The molecule has 1 rings (SSSR count). The van der Waals surface area contributed by atoms with Gasteiger partial charge in [-0.1, -0.05) is 36.7 Å². The lowest BCUT2D eigenvalue weighted by molar-refractivity contribution is 1.16. The number of hydrogen-bond donors (Lipinski definition) is 0. The molecule has 0 bridgehead atoms. The number of aryl methyl sites for hydroxylation is 1. The molecular weight excluding hydrogens is 320 g/mol. The van der Waals surface area contributed by atoms with E-state index in [-0.39, 0.29) is 0 Å². The third-order valence-corrected chi connectivity index (χ3v) is 4.05. The lowest BCUT2D eigenvalue weighted by Crippen LogP contribution is -1.90. The summed E-state index contributed by atoms with van der Waals surface area (Å²) in [5.41, 5.74) is 2.77. The predicted octanol–water partition coefficient (Wildman–Crippen LogP) is 4.48. The molecule has 0 saturated carbocycles. The molecule has 0 heterocycles. The average molecular weight is 332 g/mol. The van der Waals surface area contributed by atoms with Gasteiger partial charge in [-0.15, -0.1) is 0 Å². The molecule has 3 heteroatoms. The fraction of sp³-hybridized carbons (Fsp3) is 0.250. The van der Waals surface area contributed by atoms with Crippen LogP contribution in [0.4, 0.5) is 0 Å². The lowest BCUT2D eigenvalue weighted by atomic mass is 10.1. The van der Waals surface area contributed by atoms with E-state index in [0.29, 0.717) is 17.0 Å². The van der Waals surface area contributed by atoms with E-state index in [1.807, 2.05) is 32.0 Å². The third-order valence-electron chi connectivity index (χ3n) is 2.18. The van der Waals surface area contributed by atoms with Crippen LogP contribution in [-0.2, 0) is 0 Å². The summed E-state index contributed by atoms with van der Waals surface area (Å²) in [4.78, 5) is 0. The Balaban J connectivity index is 3.35. The molecular formula is C12H11ClIN. The summed E-state index contributed by atoms with van der Waals surface area (Å²) in [6.07, 6.45) is 0.666. The average Bonchev–Trinajstić information content (AvgIpc) is 2.23. The largest absolute Gasteiger partial charge is 0.193 e. The summed E-state index contributed by atoms with van der Waals surface area (Å²) in [6, 6.07) is 8.08. The van der Waals surface area contributed by atoms with E-state index in [2.05, 4.69) is 28.7 Å². The van der Waals surface area contributed by atoms with Crippen molar-refractivity contribution in [3.05, 3.63) is 38.5 Å². The number of halogens is 2. The van der Waals surface area contributed by atoms with Crippen LogP contribution in [0.1, 0.15) is 24.5 Å². The molecule has 0 aliphatic carbocycles. The summed E-state index contributed by atoms with van der Waals surface area (Å²) in [7, 11) is 0. The van der Waals surface area contributed by atoms with Gasteiger partial charge in [-0.25, -0.2) is 0 Å². The smallest absolute Gasteiger partial charge is 0.0962 e. The molecule has 0 atom stereocenters. The molecule has 15 heavy (non-hydrogen) atoms. The monoisotopic (exact) mass is 331 g/mol. The van der Waals surface area contributed by atoms with Gasteiger partial charge in [-0.05, 0) is 41.5 Å². The van der Waals surface area contributed by atoms with Gasteiger partial charge >= 0.3 is 0 Å². The maximum Gasteiger partial charge on any atom is 0.0962 e. The number of rotatable bonds is 2. The zero-order valence-corrected chi connectivity index (χ0v) is 11.6. The van der Waals surface area contributed by atoms with E-state index in [9.17, 15) is 0 Å². The molecule has 0 fully saturated rings. The van der Waals surface area contributed by atoms with Crippen molar-refractivity contribution in [3.63, 3.8) is 0 Å². The van der Waals surface area contributed by atoms with Gasteiger partial charge in [0.15, 0.2) is 0 Å². The zero-order valence-electron chi connectivity index (χ0n) is 8.64. The number of hydrogen-bond acceptors (Lipinski definition) is 1. The van der Waals surface area contributed by atoms with Crippen molar-refractivity contribution in [2.24, 2.45) is 0 Å². The second-order valence-corrected chi connectivity index (χ2v) is 4.65. The van der Waals surface area contributed by atoms with E-state index in [1.165, 1.54) is 5.56 Å². The fourth-order valence-corrected chi connectivity index (χ4v) is 2.38. The van der Waals surface area contributed by atoms with Crippen molar-refractivity contribution in [3.8, 4) is 6.07 Å². The quantitative estimate of drug-likeness (QED) is 0.579. The molecule has 0 unspecified atom stereocenters. The van der Waals surface area contributed by atoms with Crippen LogP contribution in [0.25, 0.3) is 5.03 Å². The highest BCUT2D eigenvalue weighted by Gasteiger charge is 2.09. The molecule has 1 nitrogen and oxygen atoms in total. The molecule has 78 valence electrons. The van der Waals surface area contributed by atoms with Gasteiger partial charge in [-0.3, -0.25) is 0 Å². The Morgan fingerprint density at radius 3 is 2.73 bits per heavy atom. The van der Waals surface area contributed by atoms with E-state index < -0.39 is 0 Å². The predicted molar refractivity (Wildman–Crippen MR) is 72.6 cm³/mol. The molecule has 0 amide bonds. The first-order valence-corrected chi connectivity index (χ1v) is 6.11. The van der Waals surface area contributed by atoms with Crippen LogP contribution < -0.4 is 0 Å². The minimum Gasteiger partial charge on any atom is -0.193 e. The topological polar surface area (TPSA) is 23.8 Å². The van der Waals surface area contributed by atoms with Crippen LogP contribution in [0.5, 0.6) is 0 Å². The molecule has 0 spiro atoms. The highest BCUT2D eigenvalue weighted by molar-refractivity contribution is 14.1. The zero-order chi connectivity index (χ0) is 11.4. The number of nitriles is 1. The first kappa shape index (κ1) is 12.5. The summed E-state index contributed by atoms with van der Waals surface area (Å²) in [5.74, 6) is 0. The Morgan fingerprint density at radius 1 is 1.53 bits per heavy atom. The minimum atomic E-state index is 0.577. The molecule has 0 saturated heterocycles. The second kappa shape index (κ2) is 5.53. The molecule has 0 N–H and O–H groups in total. The van der Waals surface area contributed by atoms with E-state index in [0.717, 1.165) is 9.13 Å². The van der Waals surface area contributed by atoms with Crippen LogP contribution >= 0.6 is 34.2 Å². The number of allylic oxidation sites excluding steroid dienone is 1. The third kappa shape index (κ3) is 2.73. The van der Waals surface area contributed by atoms with Crippen molar-refractivity contribution in [1.82, 2.24) is 0 Å². The van der Waals surface area contributed by atoms with Gasteiger partial charge in [-0.2, -0.15) is 5.26 Å². The minimum absolute atomic E-state index is 0.577. The van der Waals surface area contributed by atoms with Crippen LogP contribution in [-0.4, -0.2) is 0 Å². The lowest BCUT2D eigenvalue weighted by Gasteiger charge is -2.07. The summed E-state index contributed by atoms with van der Waals surface area (Å²) in [5, 5.41) is 9.50. The molecule has 0 aliphatic rings. The van der Waals surface area contributed by atoms with Crippen molar-refractivity contribution >= 4 is 39.2 Å². The Labute approximate surface area is 109 Å². The molecule has 0 aliphatic heterocycles. The highest BCUT2D eigenvalue weighted by atomic mass is 127. The van der Waals surface area contributed by atoms with Gasteiger partial charge in [0.25, 0.3) is 0 Å². The van der Waals surface area contributed by atoms with Crippen LogP contribution in [0, 0.1) is 21.8 Å². The van der Waals surface area contributed by atoms with Gasteiger partial charge < -0.3 is 0 Å². The first-order valence-electron chi connectivity index (χ1n) is 4.66. The van der Waals surface area contributed by atoms with Crippen molar-refractivity contribution in [2.75, 3.05) is 0 Å². The van der Waals surface area contributed by atoms with Crippen LogP contribution in [0.15, 0.2) is 23.8 Å². The standard InChI is InChI=1S/C12H11ClIN/c1-3-9(7-15)11(13)10-6-4-5-8(2)12(10)14/h4-6H,3H2,1-2H3/b11-9-. The maximum absolute atomic E-state index is 8.92. The van der Waals surface area contributed by atoms with Crippen LogP contribution in [0.2, 0.25) is 0 Å². The normalized spacial score (nSPS) is 11.9. The van der Waals surface area contributed by atoms with Gasteiger partial charge in [0.05, 0.1) is 11.1 Å². The van der Waals surface area contributed by atoms with E-state index in [4.69, 9.17) is 16.9 Å². The molecule has 1 aromatic carbocycles. The van der Waals surface area contributed by atoms with Gasteiger partial charge in [0.1, 0.15) is 0 Å². The first-order chi connectivity index (χ1) is 7.11. The fourth-order valence-electron chi connectivity index (χ4n) is 1.26. The molecule has 0 radical (unpaired) electrons. The van der Waals surface area contributed by atoms with Gasteiger partial charge in [0.2, 0.25) is 0 Å². The van der Waals surface area contributed by atoms with Crippen molar-refractivity contribution in [1.29, 1.82) is 5.26 Å². The van der Waals surface area contributed by atoms with Gasteiger partial charge in [0, 0.05) is 14.7 Å². The molecule has 1 aromatic rings. The SMILES string of the molecule is CC/C(C#N)=C(/Cl)c1cccc(C)c1I.